The third-order valence-electron chi connectivity index (χ3n) is 3.36. The van der Waals surface area contributed by atoms with Crippen LogP contribution in [0.2, 0.25) is 0 Å². The van der Waals surface area contributed by atoms with Gasteiger partial charge in [-0.1, -0.05) is 6.92 Å². The number of ether oxygens (including phenoxy) is 2. The lowest BCUT2D eigenvalue weighted by molar-refractivity contribution is -0.144. The van der Waals surface area contributed by atoms with Gasteiger partial charge in [0.2, 0.25) is 0 Å². The first-order valence-corrected chi connectivity index (χ1v) is 7.68. The molecule has 0 radical (unpaired) electrons. The van der Waals surface area contributed by atoms with Gasteiger partial charge < -0.3 is 19.0 Å². The quantitative estimate of drug-likeness (QED) is 0.619. The topological polar surface area (TPSA) is 115 Å². The Bertz CT molecular complexity index is 881. The van der Waals surface area contributed by atoms with Crippen LogP contribution in [0.5, 0.6) is 5.75 Å². The molecule has 0 fully saturated rings. The lowest BCUT2D eigenvalue weighted by Gasteiger charge is -2.03. The molecule has 0 aliphatic carbocycles. The first-order chi connectivity index (χ1) is 12.4. The number of carbonyl (C=O) groups excluding carboxylic acids is 2. The maximum atomic E-state index is 11.8. The molecule has 0 spiro atoms. The molecule has 0 unspecified atom stereocenters. The van der Waals surface area contributed by atoms with Gasteiger partial charge in [0.25, 0.3) is 0 Å². The highest BCUT2D eigenvalue weighted by molar-refractivity contribution is 5.91. The van der Waals surface area contributed by atoms with Gasteiger partial charge in [0.1, 0.15) is 17.1 Å². The van der Waals surface area contributed by atoms with E-state index in [1.807, 2.05) is 0 Å². The van der Waals surface area contributed by atoms with Gasteiger partial charge in [0.05, 0.1) is 18.4 Å². The number of esters is 2. The molecular formula is C18H17NO7. The van der Waals surface area contributed by atoms with Gasteiger partial charge in [-0.15, -0.1) is 0 Å². The lowest BCUT2D eigenvalue weighted by atomic mass is 10.2. The van der Waals surface area contributed by atoms with Gasteiger partial charge in [0, 0.05) is 18.7 Å². The highest BCUT2D eigenvalue weighted by atomic mass is 16.6. The Morgan fingerprint density at radius 2 is 1.96 bits per heavy atom. The van der Waals surface area contributed by atoms with E-state index in [0.29, 0.717) is 17.9 Å². The summed E-state index contributed by atoms with van der Waals surface area (Å²) >= 11 is 0. The Balaban J connectivity index is 2.10. The number of hydrogen-bond donors (Lipinski definition) is 1. The molecule has 0 aliphatic rings. The minimum absolute atomic E-state index is 0.0660. The van der Waals surface area contributed by atoms with Crippen LogP contribution < -0.4 is 5.63 Å². The van der Waals surface area contributed by atoms with Crippen molar-refractivity contribution in [2.24, 2.45) is 4.99 Å². The van der Waals surface area contributed by atoms with E-state index in [-0.39, 0.29) is 16.9 Å². The molecule has 1 N–H and O–H groups in total. The Labute approximate surface area is 148 Å². The zero-order chi connectivity index (χ0) is 19.1. The third-order valence-corrected chi connectivity index (χ3v) is 3.36. The fraction of sp³-hybridized carbons (Fsp3) is 0.222. The number of aromatic hydroxyl groups is 1. The van der Waals surface area contributed by atoms with Crippen LogP contribution in [-0.2, 0) is 20.7 Å². The minimum Gasteiger partial charge on any atom is -0.507 e. The van der Waals surface area contributed by atoms with E-state index in [4.69, 9.17) is 9.15 Å². The van der Waals surface area contributed by atoms with Crippen molar-refractivity contribution in [2.45, 2.75) is 13.3 Å². The zero-order valence-corrected chi connectivity index (χ0v) is 14.2. The monoisotopic (exact) mass is 359 g/mol. The van der Waals surface area contributed by atoms with E-state index in [9.17, 15) is 19.5 Å². The number of aliphatic imine (C=N–C) groups is 1. The van der Waals surface area contributed by atoms with E-state index in [1.54, 1.807) is 6.92 Å². The summed E-state index contributed by atoms with van der Waals surface area (Å²) in [6, 6.07) is 7.31. The normalized spacial score (nSPS) is 10.7. The van der Waals surface area contributed by atoms with Crippen LogP contribution in [0.4, 0.5) is 5.69 Å². The lowest BCUT2D eigenvalue weighted by Crippen LogP contribution is -2.14. The Kier molecular flexibility index (Phi) is 6.26. The number of aryl methyl sites for hydroxylation is 1. The summed E-state index contributed by atoms with van der Waals surface area (Å²) in [5, 5.41) is 9.87. The van der Waals surface area contributed by atoms with Crippen molar-refractivity contribution >= 4 is 23.8 Å². The predicted molar refractivity (Wildman–Crippen MR) is 92.0 cm³/mol. The van der Waals surface area contributed by atoms with Crippen molar-refractivity contribution in [1.29, 1.82) is 0 Å². The molecule has 0 saturated heterocycles. The molecule has 1 aromatic carbocycles. The van der Waals surface area contributed by atoms with Crippen LogP contribution in [0.15, 0.2) is 44.5 Å². The standard InChI is InChI=1S/C18H17NO7/c1-3-13-8-15(20)14(18(23)26-13)9-19-12-6-4-11(5-7-12)17(22)25-10-16(21)24-2/h4-9,20H,3,10H2,1-2H3. The molecule has 136 valence electrons. The molecular weight excluding hydrogens is 342 g/mol. The molecule has 0 bridgehead atoms. The number of rotatable bonds is 6. The molecule has 0 aliphatic heterocycles. The van der Waals surface area contributed by atoms with Crippen molar-refractivity contribution in [2.75, 3.05) is 13.7 Å². The Morgan fingerprint density at radius 1 is 1.27 bits per heavy atom. The SMILES string of the molecule is CCc1cc(O)c(C=Nc2ccc(C(=O)OCC(=O)OC)cc2)c(=O)o1. The van der Waals surface area contributed by atoms with Crippen LogP contribution in [-0.4, -0.2) is 37.0 Å². The summed E-state index contributed by atoms with van der Waals surface area (Å²) in [6.45, 7) is 1.32. The second kappa shape index (κ2) is 8.61. The van der Waals surface area contributed by atoms with Crippen molar-refractivity contribution in [1.82, 2.24) is 0 Å². The molecule has 1 aromatic heterocycles. The average molecular weight is 359 g/mol. The van der Waals surface area contributed by atoms with Crippen molar-refractivity contribution in [3.63, 3.8) is 0 Å². The number of carbonyl (C=O) groups is 2. The molecule has 2 rings (SSSR count). The number of benzene rings is 1. The highest BCUT2D eigenvalue weighted by Gasteiger charge is 2.11. The summed E-state index contributed by atoms with van der Waals surface area (Å²) in [4.78, 5) is 38.6. The van der Waals surface area contributed by atoms with Gasteiger partial charge in [0.15, 0.2) is 6.61 Å². The van der Waals surface area contributed by atoms with Gasteiger partial charge in [-0.05, 0) is 24.3 Å². The van der Waals surface area contributed by atoms with Crippen LogP contribution in [0.1, 0.15) is 28.6 Å². The molecule has 2 aromatic rings. The second-order valence-electron chi connectivity index (χ2n) is 5.11. The molecule has 0 amide bonds. The molecule has 8 nitrogen and oxygen atoms in total. The molecule has 1 heterocycles. The Hall–Kier alpha value is -3.42. The van der Waals surface area contributed by atoms with Crippen LogP contribution in [0.3, 0.4) is 0 Å². The third kappa shape index (κ3) is 4.79. The van der Waals surface area contributed by atoms with Crippen molar-refractivity contribution in [3.8, 4) is 5.75 Å². The van der Waals surface area contributed by atoms with Crippen LogP contribution in [0, 0.1) is 0 Å². The molecule has 0 saturated carbocycles. The molecule has 8 heteroatoms. The summed E-state index contributed by atoms with van der Waals surface area (Å²) in [5.74, 6) is -1.18. The van der Waals surface area contributed by atoms with E-state index in [1.165, 1.54) is 43.7 Å². The molecule has 26 heavy (non-hydrogen) atoms. The first kappa shape index (κ1) is 18.9. The summed E-state index contributed by atoms with van der Waals surface area (Å²) in [5.41, 5.74) is -0.0900. The van der Waals surface area contributed by atoms with E-state index < -0.39 is 24.2 Å². The van der Waals surface area contributed by atoms with Crippen molar-refractivity contribution < 1.29 is 28.6 Å². The fourth-order valence-corrected chi connectivity index (χ4v) is 1.92. The summed E-state index contributed by atoms with van der Waals surface area (Å²) < 4.78 is 14.2. The predicted octanol–water partition coefficient (Wildman–Crippen LogP) is 1.99. The van der Waals surface area contributed by atoms with E-state index in [0.717, 1.165) is 0 Å². The zero-order valence-electron chi connectivity index (χ0n) is 14.2. The first-order valence-electron chi connectivity index (χ1n) is 7.68. The van der Waals surface area contributed by atoms with E-state index in [2.05, 4.69) is 9.73 Å². The summed E-state index contributed by atoms with van der Waals surface area (Å²) in [7, 11) is 1.19. The maximum absolute atomic E-state index is 11.8. The number of nitrogens with zero attached hydrogens (tertiary/aromatic N) is 1. The smallest absolute Gasteiger partial charge is 0.348 e. The van der Waals surface area contributed by atoms with Crippen LogP contribution >= 0.6 is 0 Å². The highest BCUT2D eigenvalue weighted by Crippen LogP contribution is 2.17. The minimum atomic E-state index is -0.686. The number of hydrogen-bond acceptors (Lipinski definition) is 8. The van der Waals surface area contributed by atoms with Gasteiger partial charge in [-0.25, -0.2) is 14.4 Å². The van der Waals surface area contributed by atoms with Crippen LogP contribution in [0.25, 0.3) is 0 Å². The summed E-state index contributed by atoms with van der Waals surface area (Å²) in [6.07, 6.45) is 1.67. The number of methoxy groups -OCH3 is 1. The second-order valence-corrected chi connectivity index (χ2v) is 5.11. The van der Waals surface area contributed by atoms with E-state index >= 15 is 0 Å². The maximum Gasteiger partial charge on any atom is 0.348 e. The van der Waals surface area contributed by atoms with Gasteiger partial charge >= 0.3 is 17.6 Å². The van der Waals surface area contributed by atoms with Gasteiger partial charge in [-0.2, -0.15) is 0 Å². The molecule has 0 atom stereocenters. The fourth-order valence-electron chi connectivity index (χ4n) is 1.92. The largest absolute Gasteiger partial charge is 0.507 e. The van der Waals surface area contributed by atoms with Gasteiger partial charge in [-0.3, -0.25) is 4.99 Å². The Morgan fingerprint density at radius 3 is 2.54 bits per heavy atom. The average Bonchev–Trinajstić information content (AvgIpc) is 2.65. The van der Waals surface area contributed by atoms with Crippen molar-refractivity contribution in [3.05, 3.63) is 57.6 Å².